The standard InChI is InChI=1S/C18H17N7O2S/c1-10-5-3-4-6-13(10)24-17(27)12-8-20-22-16(12)21-18(24)28-9-15(26)25-11(2)7-14(19)23-25/h3-8H,9H2,1-2H3,(H2,19,23)(H,20,22). The van der Waals surface area contributed by atoms with Gasteiger partial charge in [-0.05, 0) is 25.5 Å². The molecule has 0 unspecified atom stereocenters. The number of hydrogen-bond donors (Lipinski definition) is 2. The zero-order valence-electron chi connectivity index (χ0n) is 15.2. The van der Waals surface area contributed by atoms with Crippen LogP contribution in [0.3, 0.4) is 0 Å². The van der Waals surface area contributed by atoms with Crippen LogP contribution in [-0.2, 0) is 0 Å². The number of rotatable bonds is 4. The fourth-order valence-electron chi connectivity index (χ4n) is 2.94. The maximum atomic E-state index is 13.1. The Morgan fingerprint density at radius 2 is 2.07 bits per heavy atom. The average Bonchev–Trinajstić information content (AvgIpc) is 3.27. The molecular formula is C18H17N7O2S. The second kappa shape index (κ2) is 6.97. The third-order valence-corrected chi connectivity index (χ3v) is 5.20. The van der Waals surface area contributed by atoms with E-state index in [1.165, 1.54) is 15.4 Å². The summed E-state index contributed by atoms with van der Waals surface area (Å²) in [6.07, 6.45) is 1.45. The lowest BCUT2D eigenvalue weighted by atomic mass is 10.2. The number of fused-ring (bicyclic) bond motifs is 1. The predicted octanol–water partition coefficient (Wildman–Crippen LogP) is 1.94. The van der Waals surface area contributed by atoms with Gasteiger partial charge in [0.05, 0.1) is 17.6 Å². The van der Waals surface area contributed by atoms with Crippen molar-refractivity contribution in [3.63, 3.8) is 0 Å². The summed E-state index contributed by atoms with van der Waals surface area (Å²) in [4.78, 5) is 30.1. The molecule has 0 aliphatic carbocycles. The molecule has 0 aliphatic rings. The lowest BCUT2D eigenvalue weighted by molar-refractivity contribution is 0.0924. The second-order valence-electron chi connectivity index (χ2n) is 6.26. The van der Waals surface area contributed by atoms with Crippen LogP contribution in [0, 0.1) is 13.8 Å². The van der Waals surface area contributed by atoms with Crippen LogP contribution in [0.2, 0.25) is 0 Å². The van der Waals surface area contributed by atoms with E-state index in [-0.39, 0.29) is 23.0 Å². The number of aromatic amines is 1. The zero-order valence-corrected chi connectivity index (χ0v) is 16.0. The van der Waals surface area contributed by atoms with Crippen LogP contribution < -0.4 is 11.3 Å². The molecule has 4 rings (SSSR count). The summed E-state index contributed by atoms with van der Waals surface area (Å²) >= 11 is 1.16. The highest BCUT2D eigenvalue weighted by atomic mass is 32.2. The molecule has 0 amide bonds. The van der Waals surface area contributed by atoms with E-state index >= 15 is 0 Å². The molecule has 28 heavy (non-hydrogen) atoms. The summed E-state index contributed by atoms with van der Waals surface area (Å²) in [5.74, 6) is 0.0686. The van der Waals surface area contributed by atoms with E-state index in [0.717, 1.165) is 17.3 Å². The number of aryl methyl sites for hydroxylation is 2. The molecule has 142 valence electrons. The van der Waals surface area contributed by atoms with Crippen LogP contribution in [0.1, 0.15) is 16.1 Å². The molecule has 1 aromatic carbocycles. The highest BCUT2D eigenvalue weighted by Crippen LogP contribution is 2.23. The highest BCUT2D eigenvalue weighted by molar-refractivity contribution is 7.99. The summed E-state index contributed by atoms with van der Waals surface area (Å²) in [7, 11) is 0. The third kappa shape index (κ3) is 3.07. The van der Waals surface area contributed by atoms with Gasteiger partial charge in [0.15, 0.2) is 10.8 Å². The van der Waals surface area contributed by atoms with E-state index in [1.807, 2.05) is 31.2 Å². The first-order chi connectivity index (χ1) is 13.5. The molecule has 0 fully saturated rings. The van der Waals surface area contributed by atoms with Crippen molar-refractivity contribution in [1.29, 1.82) is 0 Å². The molecule has 0 spiro atoms. The number of hydrogen-bond acceptors (Lipinski definition) is 7. The topological polar surface area (TPSA) is 124 Å². The number of carbonyl (C=O) groups is 1. The molecule has 10 heteroatoms. The van der Waals surface area contributed by atoms with Gasteiger partial charge in [-0.15, -0.1) is 5.10 Å². The summed E-state index contributed by atoms with van der Waals surface area (Å²) < 4.78 is 2.77. The number of aromatic nitrogens is 6. The van der Waals surface area contributed by atoms with E-state index in [2.05, 4.69) is 20.3 Å². The second-order valence-corrected chi connectivity index (χ2v) is 7.20. The van der Waals surface area contributed by atoms with Gasteiger partial charge in [0.1, 0.15) is 11.2 Å². The van der Waals surface area contributed by atoms with E-state index in [4.69, 9.17) is 5.73 Å². The molecule has 0 atom stereocenters. The monoisotopic (exact) mass is 395 g/mol. The largest absolute Gasteiger partial charge is 0.382 e. The molecule has 0 saturated heterocycles. The number of nitrogen functional groups attached to an aromatic ring is 1. The van der Waals surface area contributed by atoms with Gasteiger partial charge < -0.3 is 5.73 Å². The van der Waals surface area contributed by atoms with Crippen LogP contribution in [-0.4, -0.2) is 41.2 Å². The first kappa shape index (κ1) is 18.0. The third-order valence-electron chi connectivity index (χ3n) is 4.28. The Kier molecular flexibility index (Phi) is 4.47. The minimum absolute atomic E-state index is 0.0416. The zero-order chi connectivity index (χ0) is 19.8. The Bertz CT molecular complexity index is 1250. The number of nitrogens with zero attached hydrogens (tertiary/aromatic N) is 5. The first-order valence-corrected chi connectivity index (χ1v) is 9.44. The van der Waals surface area contributed by atoms with E-state index in [0.29, 0.717) is 27.6 Å². The van der Waals surface area contributed by atoms with Gasteiger partial charge in [0, 0.05) is 11.8 Å². The Morgan fingerprint density at radius 1 is 1.29 bits per heavy atom. The minimum atomic E-state index is -0.255. The van der Waals surface area contributed by atoms with Crippen molar-refractivity contribution in [2.75, 3.05) is 11.5 Å². The van der Waals surface area contributed by atoms with Crippen molar-refractivity contribution in [2.24, 2.45) is 0 Å². The average molecular weight is 395 g/mol. The highest BCUT2D eigenvalue weighted by Gasteiger charge is 2.18. The summed E-state index contributed by atoms with van der Waals surface area (Å²) in [6, 6.07) is 9.13. The Hall–Kier alpha value is -3.40. The molecule has 0 aliphatic heterocycles. The normalized spacial score (nSPS) is 11.2. The van der Waals surface area contributed by atoms with Crippen molar-refractivity contribution in [2.45, 2.75) is 19.0 Å². The van der Waals surface area contributed by atoms with Crippen LogP contribution in [0.4, 0.5) is 5.82 Å². The molecular weight excluding hydrogens is 378 g/mol. The summed E-state index contributed by atoms with van der Waals surface area (Å²) in [5, 5.41) is 11.4. The van der Waals surface area contributed by atoms with Gasteiger partial charge in [-0.2, -0.15) is 5.10 Å². The van der Waals surface area contributed by atoms with Gasteiger partial charge in [0.2, 0.25) is 0 Å². The minimum Gasteiger partial charge on any atom is -0.382 e. The molecule has 3 heterocycles. The fourth-order valence-corrected chi connectivity index (χ4v) is 3.78. The Morgan fingerprint density at radius 3 is 2.79 bits per heavy atom. The first-order valence-electron chi connectivity index (χ1n) is 8.46. The quantitative estimate of drug-likeness (QED) is 0.399. The molecule has 0 radical (unpaired) electrons. The molecule has 0 saturated carbocycles. The number of carbonyl (C=O) groups excluding carboxylic acids is 1. The summed E-state index contributed by atoms with van der Waals surface area (Å²) in [6.45, 7) is 3.67. The number of benzene rings is 1. The van der Waals surface area contributed by atoms with Crippen LogP contribution in [0.15, 0.2) is 46.5 Å². The van der Waals surface area contributed by atoms with Crippen molar-refractivity contribution in [1.82, 2.24) is 29.5 Å². The molecule has 0 bridgehead atoms. The lowest BCUT2D eigenvalue weighted by Crippen LogP contribution is -2.23. The van der Waals surface area contributed by atoms with Gasteiger partial charge in [0.25, 0.3) is 11.5 Å². The maximum Gasteiger partial charge on any atom is 0.269 e. The maximum absolute atomic E-state index is 13.1. The van der Waals surface area contributed by atoms with Gasteiger partial charge >= 0.3 is 0 Å². The number of nitrogens with two attached hydrogens (primary N) is 1. The Balaban J connectivity index is 1.77. The van der Waals surface area contributed by atoms with Crippen molar-refractivity contribution in [3.8, 4) is 5.69 Å². The SMILES string of the molecule is Cc1ccccc1-n1c(SCC(=O)n2nc(N)cc2C)nc2[nH]ncc2c1=O. The van der Waals surface area contributed by atoms with Gasteiger partial charge in [-0.3, -0.25) is 19.3 Å². The number of H-pyrrole nitrogens is 1. The predicted molar refractivity (Wildman–Crippen MR) is 107 cm³/mol. The number of para-hydroxylation sites is 1. The van der Waals surface area contributed by atoms with Crippen molar-refractivity contribution < 1.29 is 4.79 Å². The molecule has 3 aromatic heterocycles. The van der Waals surface area contributed by atoms with Crippen molar-refractivity contribution >= 4 is 34.5 Å². The van der Waals surface area contributed by atoms with Crippen LogP contribution in [0.25, 0.3) is 16.7 Å². The van der Waals surface area contributed by atoms with Gasteiger partial charge in [-0.1, -0.05) is 30.0 Å². The summed E-state index contributed by atoms with van der Waals surface area (Å²) in [5.41, 5.74) is 8.05. The van der Waals surface area contributed by atoms with E-state index < -0.39 is 0 Å². The van der Waals surface area contributed by atoms with Crippen molar-refractivity contribution in [3.05, 3.63) is 58.1 Å². The van der Waals surface area contributed by atoms with E-state index in [1.54, 1.807) is 13.0 Å². The Labute approximate surface area is 163 Å². The molecule has 3 N–H and O–H groups in total. The van der Waals surface area contributed by atoms with Crippen LogP contribution >= 0.6 is 11.8 Å². The van der Waals surface area contributed by atoms with E-state index in [9.17, 15) is 9.59 Å². The lowest BCUT2D eigenvalue weighted by Gasteiger charge is -2.13. The number of anilines is 1. The fraction of sp³-hybridized carbons (Fsp3) is 0.167. The smallest absolute Gasteiger partial charge is 0.269 e. The number of nitrogens with one attached hydrogen (secondary N) is 1. The molecule has 9 nitrogen and oxygen atoms in total. The van der Waals surface area contributed by atoms with Crippen LogP contribution in [0.5, 0.6) is 0 Å². The van der Waals surface area contributed by atoms with Gasteiger partial charge in [-0.25, -0.2) is 9.67 Å². The number of thioether (sulfide) groups is 1. The molecule has 4 aromatic rings.